The molecule has 2 aliphatic rings. The van der Waals surface area contributed by atoms with Crippen molar-refractivity contribution < 1.29 is 27.2 Å². The van der Waals surface area contributed by atoms with Crippen LogP contribution >= 0.6 is 11.3 Å². The van der Waals surface area contributed by atoms with Gasteiger partial charge in [-0.2, -0.15) is 18.2 Å². The minimum Gasteiger partial charge on any atom is -0.381 e. The van der Waals surface area contributed by atoms with Gasteiger partial charge in [0, 0.05) is 47.6 Å². The average Bonchev–Trinajstić information content (AvgIpc) is 3.60. The number of halogens is 3. The summed E-state index contributed by atoms with van der Waals surface area (Å²) in [7, 11) is 0. The molecule has 1 N–H and O–H groups in total. The molecule has 7 nitrogen and oxygen atoms in total. The van der Waals surface area contributed by atoms with Gasteiger partial charge in [0.1, 0.15) is 5.01 Å². The average molecular weight is 521 g/mol. The molecule has 1 saturated carbocycles. The molecule has 1 saturated heterocycles. The second-order valence-electron chi connectivity index (χ2n) is 9.49. The van der Waals surface area contributed by atoms with Gasteiger partial charge in [-0.3, -0.25) is 4.79 Å². The maximum atomic E-state index is 13.1. The normalized spacial score (nSPS) is 18.8. The van der Waals surface area contributed by atoms with E-state index < -0.39 is 12.1 Å². The minimum atomic E-state index is -4.73. The van der Waals surface area contributed by atoms with E-state index in [9.17, 15) is 18.0 Å². The van der Waals surface area contributed by atoms with Crippen LogP contribution < -0.4 is 5.32 Å². The smallest absolute Gasteiger partial charge is 0.381 e. The fourth-order valence-electron chi connectivity index (χ4n) is 4.95. The Morgan fingerprint density at radius 2 is 1.92 bits per heavy atom. The van der Waals surface area contributed by atoms with E-state index in [1.807, 2.05) is 0 Å². The Morgan fingerprint density at radius 1 is 1.14 bits per heavy atom. The van der Waals surface area contributed by atoms with Gasteiger partial charge < -0.3 is 14.6 Å². The summed E-state index contributed by atoms with van der Waals surface area (Å²) in [5.41, 5.74) is 1.42. The number of nitrogens with zero attached hydrogens (tertiary/aromatic N) is 3. The number of ether oxygens (including phenoxy) is 1. The van der Waals surface area contributed by atoms with Crippen molar-refractivity contribution in [2.75, 3.05) is 19.8 Å². The van der Waals surface area contributed by atoms with Crippen molar-refractivity contribution in [1.29, 1.82) is 0 Å². The highest BCUT2D eigenvalue weighted by molar-refractivity contribution is 7.09. The molecule has 11 heteroatoms. The Hall–Kier alpha value is -2.79. The predicted molar refractivity (Wildman–Crippen MR) is 127 cm³/mol. The van der Waals surface area contributed by atoms with E-state index >= 15 is 0 Å². The molecule has 0 spiro atoms. The number of hydrogen-bond donors (Lipinski definition) is 1. The molecule has 2 fully saturated rings. The lowest BCUT2D eigenvalue weighted by atomic mass is 9.80. The van der Waals surface area contributed by atoms with Crippen LogP contribution in [0.15, 0.2) is 34.2 Å². The molecule has 1 aromatic carbocycles. The van der Waals surface area contributed by atoms with E-state index in [-0.39, 0.29) is 22.7 Å². The van der Waals surface area contributed by atoms with Gasteiger partial charge in [-0.05, 0) is 37.8 Å². The predicted octanol–water partition coefficient (Wildman–Crippen LogP) is 5.74. The third-order valence-corrected chi connectivity index (χ3v) is 8.19. The second-order valence-corrected chi connectivity index (χ2v) is 10.3. The van der Waals surface area contributed by atoms with Gasteiger partial charge in [0.2, 0.25) is 5.82 Å². The van der Waals surface area contributed by atoms with Crippen LogP contribution in [-0.4, -0.2) is 40.8 Å². The SMILES string of the molecule is O=C(NCC1(c2nc(C3CCCCC3)cs2)CCOCC1)c1cccc(-c2noc(C(F)(F)F)n2)c1. The number of hydrogen-bond acceptors (Lipinski definition) is 7. The summed E-state index contributed by atoms with van der Waals surface area (Å²) < 4.78 is 48.4. The van der Waals surface area contributed by atoms with Gasteiger partial charge in [-0.1, -0.05) is 36.6 Å². The summed E-state index contributed by atoms with van der Waals surface area (Å²) in [5, 5.41) is 9.65. The number of amides is 1. The van der Waals surface area contributed by atoms with Gasteiger partial charge >= 0.3 is 12.1 Å². The summed E-state index contributed by atoms with van der Waals surface area (Å²) >= 11 is 1.66. The van der Waals surface area contributed by atoms with Gasteiger partial charge in [-0.15, -0.1) is 11.3 Å². The lowest BCUT2D eigenvalue weighted by Crippen LogP contribution is -2.44. The molecule has 3 heterocycles. The van der Waals surface area contributed by atoms with Crippen molar-refractivity contribution in [3.8, 4) is 11.4 Å². The molecule has 0 atom stereocenters. The largest absolute Gasteiger partial charge is 0.471 e. The van der Waals surface area contributed by atoms with Crippen molar-refractivity contribution >= 4 is 17.2 Å². The van der Waals surface area contributed by atoms with Crippen LogP contribution in [0.5, 0.6) is 0 Å². The van der Waals surface area contributed by atoms with Crippen molar-refractivity contribution in [1.82, 2.24) is 20.4 Å². The quantitative estimate of drug-likeness (QED) is 0.446. The number of carbonyl (C=O) groups is 1. The number of thiazole rings is 1. The summed E-state index contributed by atoms with van der Waals surface area (Å²) in [5.74, 6) is -1.46. The number of rotatable bonds is 6. The Bertz CT molecular complexity index is 1200. The zero-order valence-corrected chi connectivity index (χ0v) is 20.5. The Balaban J connectivity index is 1.31. The number of carbonyl (C=O) groups excluding carboxylic acids is 1. The van der Waals surface area contributed by atoms with Crippen LogP contribution in [-0.2, 0) is 16.3 Å². The zero-order chi connectivity index (χ0) is 25.2. The van der Waals surface area contributed by atoms with E-state index in [4.69, 9.17) is 9.72 Å². The zero-order valence-electron chi connectivity index (χ0n) is 19.6. The molecular formula is C25H27F3N4O3S. The molecule has 192 valence electrons. The van der Waals surface area contributed by atoms with E-state index in [1.165, 1.54) is 44.2 Å². The maximum Gasteiger partial charge on any atom is 0.471 e. The highest BCUT2D eigenvalue weighted by Gasteiger charge is 2.39. The third-order valence-electron chi connectivity index (χ3n) is 7.09. The van der Waals surface area contributed by atoms with Crippen molar-refractivity contribution in [2.24, 2.45) is 0 Å². The van der Waals surface area contributed by atoms with Gasteiger partial charge in [0.15, 0.2) is 0 Å². The van der Waals surface area contributed by atoms with Crippen molar-refractivity contribution in [3.63, 3.8) is 0 Å². The Labute approximate surface area is 210 Å². The maximum absolute atomic E-state index is 13.1. The molecule has 36 heavy (non-hydrogen) atoms. The number of benzene rings is 1. The van der Waals surface area contributed by atoms with E-state index in [0.717, 1.165) is 23.5 Å². The molecular weight excluding hydrogens is 493 g/mol. The van der Waals surface area contributed by atoms with Crippen molar-refractivity contribution in [2.45, 2.75) is 62.5 Å². The molecule has 5 rings (SSSR count). The fourth-order valence-corrected chi connectivity index (χ4v) is 6.11. The van der Waals surface area contributed by atoms with Crippen LogP contribution in [0.2, 0.25) is 0 Å². The highest BCUT2D eigenvalue weighted by Crippen LogP contribution is 2.40. The van der Waals surface area contributed by atoms with Crippen LogP contribution in [0.1, 0.15) is 77.8 Å². The summed E-state index contributed by atoms with van der Waals surface area (Å²) in [6.45, 7) is 1.60. The molecule has 2 aromatic heterocycles. The summed E-state index contributed by atoms with van der Waals surface area (Å²) in [6.07, 6.45) is 2.92. The number of alkyl halides is 3. The first-order valence-corrected chi connectivity index (χ1v) is 13.1. The Kier molecular flexibility index (Phi) is 7.11. The fraction of sp³-hybridized carbons (Fsp3) is 0.520. The molecule has 0 bridgehead atoms. The van der Waals surface area contributed by atoms with Crippen LogP contribution in [0.25, 0.3) is 11.4 Å². The molecule has 1 aliphatic carbocycles. The third kappa shape index (κ3) is 5.31. The lowest BCUT2D eigenvalue weighted by molar-refractivity contribution is -0.159. The highest BCUT2D eigenvalue weighted by atomic mass is 32.1. The summed E-state index contributed by atoms with van der Waals surface area (Å²) in [4.78, 5) is 21.5. The minimum absolute atomic E-state index is 0.226. The monoisotopic (exact) mass is 520 g/mol. The summed E-state index contributed by atoms with van der Waals surface area (Å²) in [6, 6.07) is 6.17. The molecule has 1 aliphatic heterocycles. The number of nitrogens with one attached hydrogen (secondary N) is 1. The van der Waals surface area contributed by atoms with E-state index in [1.54, 1.807) is 23.5 Å². The Morgan fingerprint density at radius 3 is 2.64 bits per heavy atom. The van der Waals surface area contributed by atoms with Crippen LogP contribution in [0.4, 0.5) is 13.2 Å². The standard InChI is InChI=1S/C25H27F3N4O3S/c26-25(27,28)22-31-20(32-35-22)17-7-4-8-18(13-17)21(33)29-15-24(9-11-34-12-10-24)23-30-19(14-36-23)16-5-2-1-3-6-16/h4,7-8,13-14,16H,1-3,5-6,9-12,15H2,(H,29,33). The first-order chi connectivity index (χ1) is 17.3. The molecule has 3 aromatic rings. The second kappa shape index (κ2) is 10.3. The molecule has 0 unspecified atom stereocenters. The van der Waals surface area contributed by atoms with Gasteiger partial charge in [0.05, 0.1) is 5.69 Å². The van der Waals surface area contributed by atoms with Crippen LogP contribution in [0, 0.1) is 0 Å². The van der Waals surface area contributed by atoms with Gasteiger partial charge in [0.25, 0.3) is 5.91 Å². The first-order valence-electron chi connectivity index (χ1n) is 12.2. The van der Waals surface area contributed by atoms with Crippen molar-refractivity contribution in [3.05, 3.63) is 51.8 Å². The molecule has 0 radical (unpaired) electrons. The topological polar surface area (TPSA) is 90.1 Å². The molecule has 1 amide bonds. The van der Waals surface area contributed by atoms with E-state index in [2.05, 4.69) is 25.4 Å². The number of aromatic nitrogens is 3. The van der Waals surface area contributed by atoms with Gasteiger partial charge in [-0.25, -0.2) is 4.98 Å². The first kappa shape index (κ1) is 24.9. The van der Waals surface area contributed by atoms with Crippen LogP contribution in [0.3, 0.4) is 0 Å². The lowest BCUT2D eigenvalue weighted by Gasteiger charge is -2.35. The van der Waals surface area contributed by atoms with E-state index in [0.29, 0.717) is 31.2 Å².